The summed E-state index contributed by atoms with van der Waals surface area (Å²) < 4.78 is 10.6. The van der Waals surface area contributed by atoms with Crippen LogP contribution in [-0.2, 0) is 11.3 Å². The SMILES string of the molecule is COc1ccc(OC)c(/C=C/C(=O)N2CCN(Cc3ccncc3)CC2)c1. The monoisotopic (exact) mass is 367 g/mol. The average molecular weight is 367 g/mol. The second-order valence-electron chi connectivity index (χ2n) is 6.40. The first kappa shape index (κ1) is 18.9. The maximum Gasteiger partial charge on any atom is 0.246 e. The molecule has 2 heterocycles. The molecule has 1 aliphatic heterocycles. The average Bonchev–Trinajstić information content (AvgIpc) is 2.73. The van der Waals surface area contributed by atoms with E-state index in [1.807, 2.05) is 47.6 Å². The van der Waals surface area contributed by atoms with Gasteiger partial charge in [0.15, 0.2) is 0 Å². The summed E-state index contributed by atoms with van der Waals surface area (Å²) in [5.74, 6) is 1.46. The molecule has 0 aliphatic carbocycles. The van der Waals surface area contributed by atoms with Crippen molar-refractivity contribution in [1.29, 1.82) is 0 Å². The van der Waals surface area contributed by atoms with Crippen LogP contribution in [0, 0.1) is 0 Å². The summed E-state index contributed by atoms with van der Waals surface area (Å²) in [6.07, 6.45) is 7.02. The van der Waals surface area contributed by atoms with Crippen molar-refractivity contribution < 1.29 is 14.3 Å². The van der Waals surface area contributed by atoms with Crippen molar-refractivity contribution in [2.45, 2.75) is 6.54 Å². The first-order valence-electron chi connectivity index (χ1n) is 9.00. The van der Waals surface area contributed by atoms with Gasteiger partial charge in [0.25, 0.3) is 0 Å². The summed E-state index contributed by atoms with van der Waals surface area (Å²) in [5.41, 5.74) is 2.07. The van der Waals surface area contributed by atoms with Crippen LogP contribution in [0.4, 0.5) is 0 Å². The third kappa shape index (κ3) is 5.08. The molecule has 27 heavy (non-hydrogen) atoms. The summed E-state index contributed by atoms with van der Waals surface area (Å²) in [5, 5.41) is 0. The highest BCUT2D eigenvalue weighted by molar-refractivity contribution is 5.92. The minimum atomic E-state index is 0.0171. The fourth-order valence-corrected chi connectivity index (χ4v) is 3.11. The van der Waals surface area contributed by atoms with Gasteiger partial charge in [0.05, 0.1) is 14.2 Å². The fourth-order valence-electron chi connectivity index (χ4n) is 3.11. The first-order chi connectivity index (χ1) is 13.2. The van der Waals surface area contributed by atoms with E-state index >= 15 is 0 Å². The van der Waals surface area contributed by atoms with Gasteiger partial charge in [0.2, 0.25) is 5.91 Å². The van der Waals surface area contributed by atoms with Crippen LogP contribution in [0.15, 0.2) is 48.8 Å². The Morgan fingerprint density at radius 3 is 2.48 bits per heavy atom. The Labute approximate surface area is 160 Å². The van der Waals surface area contributed by atoms with E-state index in [1.54, 1.807) is 26.4 Å². The van der Waals surface area contributed by atoms with Crippen LogP contribution in [0.3, 0.4) is 0 Å². The van der Waals surface area contributed by atoms with Gasteiger partial charge in [-0.25, -0.2) is 0 Å². The van der Waals surface area contributed by atoms with E-state index in [0.717, 1.165) is 44.0 Å². The van der Waals surface area contributed by atoms with Crippen LogP contribution < -0.4 is 9.47 Å². The van der Waals surface area contributed by atoms with Gasteiger partial charge >= 0.3 is 0 Å². The number of carbonyl (C=O) groups excluding carboxylic acids is 1. The van der Waals surface area contributed by atoms with E-state index in [2.05, 4.69) is 9.88 Å². The highest BCUT2D eigenvalue weighted by Crippen LogP contribution is 2.25. The molecule has 1 amide bonds. The number of methoxy groups -OCH3 is 2. The molecule has 0 unspecified atom stereocenters. The molecule has 1 aliphatic rings. The Bertz CT molecular complexity index is 785. The topological polar surface area (TPSA) is 54.9 Å². The van der Waals surface area contributed by atoms with Crippen molar-refractivity contribution in [3.05, 3.63) is 59.9 Å². The molecule has 0 N–H and O–H groups in total. The zero-order chi connectivity index (χ0) is 19.1. The first-order valence-corrected chi connectivity index (χ1v) is 9.00. The van der Waals surface area contributed by atoms with Crippen molar-refractivity contribution in [2.75, 3.05) is 40.4 Å². The highest BCUT2D eigenvalue weighted by Gasteiger charge is 2.19. The lowest BCUT2D eigenvalue weighted by atomic mass is 10.1. The van der Waals surface area contributed by atoms with Crippen LogP contribution in [0.2, 0.25) is 0 Å². The summed E-state index contributed by atoms with van der Waals surface area (Å²) in [6.45, 7) is 4.07. The largest absolute Gasteiger partial charge is 0.497 e. The van der Waals surface area contributed by atoms with Crippen LogP contribution in [-0.4, -0.2) is 61.1 Å². The normalized spacial score (nSPS) is 15.1. The van der Waals surface area contributed by atoms with Crippen molar-refractivity contribution in [3.63, 3.8) is 0 Å². The molecule has 1 fully saturated rings. The Balaban J connectivity index is 1.56. The van der Waals surface area contributed by atoms with E-state index in [0.29, 0.717) is 5.75 Å². The number of benzene rings is 1. The maximum absolute atomic E-state index is 12.5. The molecule has 0 radical (unpaired) electrons. The highest BCUT2D eigenvalue weighted by atomic mass is 16.5. The Hall–Kier alpha value is -2.86. The number of nitrogens with zero attached hydrogens (tertiary/aromatic N) is 3. The molecule has 6 heteroatoms. The fraction of sp³-hybridized carbons (Fsp3) is 0.333. The molecule has 3 rings (SSSR count). The molecule has 0 bridgehead atoms. The molecule has 142 valence electrons. The number of carbonyl (C=O) groups is 1. The molecule has 0 spiro atoms. The molecule has 1 aromatic carbocycles. The predicted molar refractivity (Wildman–Crippen MR) is 105 cm³/mol. The van der Waals surface area contributed by atoms with Gasteiger partial charge in [-0.15, -0.1) is 0 Å². The minimum absolute atomic E-state index is 0.0171. The van der Waals surface area contributed by atoms with Gasteiger partial charge in [-0.2, -0.15) is 0 Å². The van der Waals surface area contributed by atoms with Gasteiger partial charge in [0.1, 0.15) is 11.5 Å². The number of ether oxygens (including phenoxy) is 2. The molecule has 1 aromatic heterocycles. The van der Waals surface area contributed by atoms with Crippen molar-refractivity contribution in [3.8, 4) is 11.5 Å². The second-order valence-corrected chi connectivity index (χ2v) is 6.40. The Morgan fingerprint density at radius 2 is 1.81 bits per heavy atom. The van der Waals surface area contributed by atoms with Gasteiger partial charge in [0, 0.05) is 56.8 Å². The quantitative estimate of drug-likeness (QED) is 0.734. The van der Waals surface area contributed by atoms with Gasteiger partial charge in [-0.1, -0.05) is 0 Å². The molecular formula is C21H25N3O3. The lowest BCUT2D eigenvalue weighted by Crippen LogP contribution is -2.47. The smallest absolute Gasteiger partial charge is 0.246 e. The number of amides is 1. The van der Waals surface area contributed by atoms with Crippen LogP contribution >= 0.6 is 0 Å². The second kappa shape index (κ2) is 9.19. The molecule has 1 saturated heterocycles. The lowest BCUT2D eigenvalue weighted by Gasteiger charge is -2.34. The summed E-state index contributed by atoms with van der Waals surface area (Å²) in [4.78, 5) is 20.8. The minimum Gasteiger partial charge on any atom is -0.497 e. The zero-order valence-electron chi connectivity index (χ0n) is 15.8. The van der Waals surface area contributed by atoms with E-state index in [1.165, 1.54) is 5.56 Å². The van der Waals surface area contributed by atoms with E-state index < -0.39 is 0 Å². The predicted octanol–water partition coefficient (Wildman–Crippen LogP) is 2.46. The van der Waals surface area contributed by atoms with Gasteiger partial charge < -0.3 is 14.4 Å². The van der Waals surface area contributed by atoms with Crippen molar-refractivity contribution >= 4 is 12.0 Å². The van der Waals surface area contributed by atoms with Crippen molar-refractivity contribution in [2.24, 2.45) is 0 Å². The zero-order valence-corrected chi connectivity index (χ0v) is 15.8. The number of rotatable bonds is 6. The standard InChI is InChI=1S/C21H25N3O3/c1-26-19-4-5-20(27-2)18(15-19)3-6-21(25)24-13-11-23(12-14-24)16-17-7-9-22-10-8-17/h3-10,15H,11-14,16H2,1-2H3/b6-3+. The van der Waals surface area contributed by atoms with Crippen LogP contribution in [0.25, 0.3) is 6.08 Å². The van der Waals surface area contributed by atoms with Crippen molar-refractivity contribution in [1.82, 2.24) is 14.8 Å². The van der Waals surface area contributed by atoms with Gasteiger partial charge in [-0.05, 0) is 42.0 Å². The van der Waals surface area contributed by atoms with E-state index in [9.17, 15) is 4.79 Å². The van der Waals surface area contributed by atoms with E-state index in [-0.39, 0.29) is 5.91 Å². The number of hydrogen-bond acceptors (Lipinski definition) is 5. The number of hydrogen-bond donors (Lipinski definition) is 0. The number of piperazine rings is 1. The summed E-state index contributed by atoms with van der Waals surface area (Å²) >= 11 is 0. The number of aromatic nitrogens is 1. The van der Waals surface area contributed by atoms with E-state index in [4.69, 9.17) is 9.47 Å². The van der Waals surface area contributed by atoms with Crippen LogP contribution in [0.5, 0.6) is 11.5 Å². The van der Waals surface area contributed by atoms with Gasteiger partial charge in [-0.3, -0.25) is 14.7 Å². The molecule has 2 aromatic rings. The third-order valence-corrected chi connectivity index (χ3v) is 4.68. The third-order valence-electron chi connectivity index (χ3n) is 4.68. The summed E-state index contributed by atoms with van der Waals surface area (Å²) in [6, 6.07) is 9.58. The maximum atomic E-state index is 12.5. The van der Waals surface area contributed by atoms with Crippen LogP contribution in [0.1, 0.15) is 11.1 Å². The summed E-state index contributed by atoms with van der Waals surface area (Å²) in [7, 11) is 3.23. The molecular weight excluding hydrogens is 342 g/mol. The molecule has 6 nitrogen and oxygen atoms in total. The molecule has 0 atom stereocenters. The number of pyridine rings is 1. The Morgan fingerprint density at radius 1 is 1.07 bits per heavy atom. The molecule has 0 saturated carbocycles. The lowest BCUT2D eigenvalue weighted by molar-refractivity contribution is -0.127. The Kier molecular flexibility index (Phi) is 6.44.